The maximum atomic E-state index is 12.0. The largest absolute Gasteiger partial charge is 0.295 e. The van der Waals surface area contributed by atoms with Crippen LogP contribution in [0, 0.1) is 0 Å². The minimum atomic E-state index is -0.517. The summed E-state index contributed by atoms with van der Waals surface area (Å²) < 4.78 is 0. The molecule has 0 aromatic heterocycles. The molecule has 0 atom stereocenters. The van der Waals surface area contributed by atoms with Crippen molar-refractivity contribution in [2.24, 2.45) is 0 Å². The Morgan fingerprint density at radius 2 is 1.17 bits per heavy atom. The second-order valence-electron chi connectivity index (χ2n) is 6.33. The number of nitrogens with one attached hydrogen (secondary N) is 1. The van der Waals surface area contributed by atoms with Crippen molar-refractivity contribution in [2.75, 3.05) is 10.5 Å². The summed E-state index contributed by atoms with van der Waals surface area (Å²) in [6, 6.07) is 21.2. The fraction of sp³-hybridized carbons (Fsp3) is 0.0870. The Morgan fingerprint density at radius 1 is 0.700 bits per heavy atom. The SMILES string of the molecule is CC(=O)c1ccc(N(O)C(=O)c2ccccc2)cc1.CC(=O)c1ccc(NO)cc1. The predicted octanol–water partition coefficient (Wildman–Crippen LogP) is 4.62. The summed E-state index contributed by atoms with van der Waals surface area (Å²) >= 11 is 0. The average molecular weight is 406 g/mol. The van der Waals surface area contributed by atoms with Gasteiger partial charge in [0.1, 0.15) is 0 Å². The van der Waals surface area contributed by atoms with Gasteiger partial charge in [0.25, 0.3) is 5.91 Å². The number of hydroxylamine groups is 1. The fourth-order valence-corrected chi connectivity index (χ4v) is 2.44. The van der Waals surface area contributed by atoms with Crippen molar-refractivity contribution < 1.29 is 24.8 Å². The van der Waals surface area contributed by atoms with E-state index in [9.17, 15) is 19.6 Å². The average Bonchev–Trinajstić information content (AvgIpc) is 2.79. The lowest BCUT2D eigenvalue weighted by Gasteiger charge is -2.15. The van der Waals surface area contributed by atoms with Crippen LogP contribution in [0.15, 0.2) is 78.9 Å². The summed E-state index contributed by atoms with van der Waals surface area (Å²) in [5.74, 6) is -0.559. The number of hydrogen-bond donors (Lipinski definition) is 3. The van der Waals surface area contributed by atoms with Crippen molar-refractivity contribution in [1.29, 1.82) is 0 Å². The first-order valence-corrected chi connectivity index (χ1v) is 9.04. The Hall–Kier alpha value is -3.81. The van der Waals surface area contributed by atoms with Crippen LogP contribution in [-0.2, 0) is 0 Å². The van der Waals surface area contributed by atoms with Crippen LogP contribution in [0.1, 0.15) is 44.9 Å². The summed E-state index contributed by atoms with van der Waals surface area (Å²) in [6.45, 7) is 2.96. The van der Waals surface area contributed by atoms with E-state index in [0.29, 0.717) is 33.1 Å². The van der Waals surface area contributed by atoms with Crippen LogP contribution in [0.3, 0.4) is 0 Å². The predicted molar refractivity (Wildman–Crippen MR) is 113 cm³/mol. The highest BCUT2D eigenvalue weighted by Crippen LogP contribution is 2.16. The zero-order valence-corrected chi connectivity index (χ0v) is 16.6. The van der Waals surface area contributed by atoms with Crippen LogP contribution in [0.2, 0.25) is 0 Å². The normalized spacial score (nSPS) is 9.73. The van der Waals surface area contributed by atoms with Gasteiger partial charge in [-0.2, -0.15) is 5.06 Å². The van der Waals surface area contributed by atoms with Crippen LogP contribution < -0.4 is 10.5 Å². The molecule has 7 nitrogen and oxygen atoms in total. The third kappa shape index (κ3) is 6.10. The molecular formula is C23H22N2O5. The molecule has 0 heterocycles. The lowest BCUT2D eigenvalue weighted by molar-refractivity contribution is 0.0854. The van der Waals surface area contributed by atoms with Crippen molar-refractivity contribution in [3.05, 3.63) is 95.6 Å². The van der Waals surface area contributed by atoms with Crippen molar-refractivity contribution >= 4 is 28.8 Å². The zero-order valence-electron chi connectivity index (χ0n) is 16.6. The van der Waals surface area contributed by atoms with E-state index >= 15 is 0 Å². The quantitative estimate of drug-likeness (QED) is 0.324. The Bertz CT molecular complexity index is 1000. The van der Waals surface area contributed by atoms with Gasteiger partial charge in [0.15, 0.2) is 11.6 Å². The van der Waals surface area contributed by atoms with Gasteiger partial charge >= 0.3 is 0 Å². The smallest absolute Gasteiger partial charge is 0.281 e. The minimum Gasteiger partial charge on any atom is -0.295 e. The summed E-state index contributed by atoms with van der Waals surface area (Å²) in [6.07, 6.45) is 0. The molecule has 0 bridgehead atoms. The van der Waals surface area contributed by atoms with Gasteiger partial charge in [0, 0.05) is 16.7 Å². The number of carbonyl (C=O) groups is 3. The first-order valence-electron chi connectivity index (χ1n) is 9.04. The number of Topliss-reactive ketones (excluding diaryl/α,β-unsaturated/α-hetero) is 2. The maximum absolute atomic E-state index is 12.0. The van der Waals surface area contributed by atoms with Crippen LogP contribution >= 0.6 is 0 Å². The number of amides is 1. The summed E-state index contributed by atoms with van der Waals surface area (Å²) in [4.78, 5) is 33.9. The highest BCUT2D eigenvalue weighted by Gasteiger charge is 2.15. The molecule has 0 saturated heterocycles. The number of hydrogen-bond acceptors (Lipinski definition) is 6. The van der Waals surface area contributed by atoms with Crippen LogP contribution in [-0.4, -0.2) is 27.9 Å². The fourth-order valence-electron chi connectivity index (χ4n) is 2.44. The van der Waals surface area contributed by atoms with Gasteiger partial charge in [-0.25, -0.2) is 0 Å². The van der Waals surface area contributed by atoms with E-state index in [1.807, 2.05) is 5.48 Å². The van der Waals surface area contributed by atoms with E-state index in [-0.39, 0.29) is 11.6 Å². The molecule has 0 aliphatic heterocycles. The van der Waals surface area contributed by atoms with Crippen LogP contribution in [0.25, 0.3) is 0 Å². The number of ketones is 2. The van der Waals surface area contributed by atoms with E-state index in [0.717, 1.165) is 0 Å². The third-order valence-electron chi connectivity index (χ3n) is 4.15. The van der Waals surface area contributed by atoms with E-state index in [1.54, 1.807) is 66.7 Å². The molecular weight excluding hydrogens is 384 g/mol. The van der Waals surface area contributed by atoms with Gasteiger partial charge in [0.2, 0.25) is 0 Å². The van der Waals surface area contributed by atoms with Gasteiger partial charge in [-0.05, 0) is 74.5 Å². The Morgan fingerprint density at radius 3 is 1.60 bits per heavy atom. The molecule has 0 radical (unpaired) electrons. The highest BCUT2D eigenvalue weighted by atomic mass is 16.5. The Balaban J connectivity index is 0.000000248. The summed E-state index contributed by atoms with van der Waals surface area (Å²) in [5, 5.41) is 18.9. The monoisotopic (exact) mass is 406 g/mol. The first-order chi connectivity index (χ1) is 14.3. The highest BCUT2D eigenvalue weighted by molar-refractivity contribution is 6.04. The molecule has 1 amide bonds. The van der Waals surface area contributed by atoms with Crippen LogP contribution in [0.4, 0.5) is 11.4 Å². The first kappa shape index (κ1) is 22.5. The van der Waals surface area contributed by atoms with Gasteiger partial charge in [-0.15, -0.1) is 0 Å². The van der Waals surface area contributed by atoms with E-state index in [2.05, 4.69) is 0 Å². The molecule has 0 unspecified atom stereocenters. The molecule has 0 aliphatic rings. The second kappa shape index (κ2) is 10.7. The zero-order chi connectivity index (χ0) is 22.1. The minimum absolute atomic E-state index is 0.0227. The molecule has 3 aromatic carbocycles. The molecule has 3 N–H and O–H groups in total. The molecule has 30 heavy (non-hydrogen) atoms. The maximum Gasteiger partial charge on any atom is 0.281 e. The van der Waals surface area contributed by atoms with Crippen molar-refractivity contribution in [3.63, 3.8) is 0 Å². The number of carbonyl (C=O) groups excluding carboxylic acids is 3. The molecule has 0 fully saturated rings. The molecule has 0 aliphatic carbocycles. The molecule has 3 rings (SSSR count). The topological polar surface area (TPSA) is 107 Å². The van der Waals surface area contributed by atoms with Crippen molar-refractivity contribution in [2.45, 2.75) is 13.8 Å². The van der Waals surface area contributed by atoms with Gasteiger partial charge in [0.05, 0.1) is 11.4 Å². The number of rotatable bonds is 5. The van der Waals surface area contributed by atoms with Gasteiger partial charge < -0.3 is 0 Å². The van der Waals surface area contributed by atoms with E-state index < -0.39 is 5.91 Å². The molecule has 0 saturated carbocycles. The standard InChI is InChI=1S/C15H13NO3.C8H9NO2/c1-11(17)12-7-9-14(10-8-12)16(19)15(18)13-5-3-2-4-6-13;1-6(10)7-2-4-8(9-11)5-3-7/h2-10,19H,1H3;2-5,9,11H,1H3. The van der Waals surface area contributed by atoms with E-state index in [1.165, 1.54) is 26.0 Å². The number of benzene rings is 3. The van der Waals surface area contributed by atoms with Crippen LogP contribution in [0.5, 0.6) is 0 Å². The van der Waals surface area contributed by atoms with E-state index in [4.69, 9.17) is 5.21 Å². The molecule has 154 valence electrons. The summed E-state index contributed by atoms with van der Waals surface area (Å²) in [7, 11) is 0. The Kier molecular flexibility index (Phi) is 7.99. The second-order valence-corrected chi connectivity index (χ2v) is 6.33. The molecule has 0 spiro atoms. The molecule has 3 aromatic rings. The summed E-state index contributed by atoms with van der Waals surface area (Å²) in [5.41, 5.74) is 4.44. The van der Waals surface area contributed by atoms with Gasteiger partial charge in [-0.1, -0.05) is 18.2 Å². The number of anilines is 2. The van der Waals surface area contributed by atoms with Gasteiger partial charge in [-0.3, -0.25) is 30.3 Å². The lowest BCUT2D eigenvalue weighted by atomic mass is 10.1. The van der Waals surface area contributed by atoms with Crippen molar-refractivity contribution in [1.82, 2.24) is 0 Å². The Labute approximate surface area is 174 Å². The lowest BCUT2D eigenvalue weighted by Crippen LogP contribution is -2.26. The third-order valence-corrected chi connectivity index (χ3v) is 4.15. The van der Waals surface area contributed by atoms with Crippen molar-refractivity contribution in [3.8, 4) is 0 Å². The molecule has 7 heteroatoms. The number of nitrogens with zero attached hydrogens (tertiary/aromatic N) is 1.